The zero-order valence-corrected chi connectivity index (χ0v) is 28.0. The van der Waals surface area contributed by atoms with Crippen LogP contribution in [0.2, 0.25) is 0 Å². The number of methoxy groups -OCH3 is 1. The number of rotatable bonds is 9. The van der Waals surface area contributed by atoms with Crippen molar-refractivity contribution >= 4 is 21.9 Å². The molecule has 6 atom stereocenters. The minimum Gasteiger partial charge on any atom is -0.497 e. The Morgan fingerprint density at radius 1 is 1.08 bits per heavy atom. The highest BCUT2D eigenvalue weighted by molar-refractivity contribution is 7.89. The van der Waals surface area contributed by atoms with Crippen LogP contribution >= 0.6 is 0 Å². The number of amides is 1. The van der Waals surface area contributed by atoms with Gasteiger partial charge in [-0.3, -0.25) is 9.59 Å². The molecular weight excluding hydrogens is 640 g/mol. The Hall–Kier alpha value is -3.49. The molecule has 260 valence electrons. The van der Waals surface area contributed by atoms with Crippen LogP contribution in [0.15, 0.2) is 65.6 Å². The molecule has 0 spiro atoms. The lowest BCUT2D eigenvalue weighted by Crippen LogP contribution is -2.48. The van der Waals surface area contributed by atoms with Gasteiger partial charge in [-0.25, -0.2) is 8.42 Å². The summed E-state index contributed by atoms with van der Waals surface area (Å²) in [5, 5.41) is 11.9. The number of carbonyl (C=O) groups excluding carboxylic acids is 2. The molecule has 0 aliphatic carbocycles. The van der Waals surface area contributed by atoms with Gasteiger partial charge in [-0.2, -0.15) is 4.31 Å². The second kappa shape index (κ2) is 15.4. The highest BCUT2D eigenvalue weighted by atomic mass is 32.2. The predicted molar refractivity (Wildman–Crippen MR) is 174 cm³/mol. The van der Waals surface area contributed by atoms with Gasteiger partial charge in [0, 0.05) is 44.1 Å². The van der Waals surface area contributed by atoms with E-state index in [0.717, 1.165) is 12.0 Å². The molecule has 1 amide bonds. The largest absolute Gasteiger partial charge is 0.497 e. The molecule has 4 aliphatic heterocycles. The first-order valence-corrected chi connectivity index (χ1v) is 18.1. The van der Waals surface area contributed by atoms with Crippen LogP contribution in [-0.2, 0) is 40.2 Å². The van der Waals surface area contributed by atoms with Gasteiger partial charge in [0.2, 0.25) is 15.9 Å². The average molecular weight is 685 g/mol. The molecule has 4 heterocycles. The van der Waals surface area contributed by atoms with E-state index in [1.807, 2.05) is 42.5 Å². The number of carbonyl (C=O) groups is 2. The van der Waals surface area contributed by atoms with Crippen LogP contribution in [0.25, 0.3) is 0 Å². The summed E-state index contributed by atoms with van der Waals surface area (Å²) < 4.78 is 58.7. The van der Waals surface area contributed by atoms with E-state index in [1.165, 1.54) is 23.5 Å². The Bertz CT molecular complexity index is 1570. The van der Waals surface area contributed by atoms with Crippen LogP contribution in [-0.4, -0.2) is 106 Å². The van der Waals surface area contributed by atoms with Crippen LogP contribution < -0.4 is 9.47 Å². The number of hydrogen-bond donors (Lipinski definition) is 1. The Morgan fingerprint density at radius 3 is 2.73 bits per heavy atom. The highest BCUT2D eigenvalue weighted by Gasteiger charge is 2.44. The van der Waals surface area contributed by atoms with Gasteiger partial charge in [-0.15, -0.1) is 0 Å². The summed E-state index contributed by atoms with van der Waals surface area (Å²) in [6, 6.07) is 13.6. The molecule has 1 N–H and O–H groups in total. The number of ether oxygens (including phenoxy) is 5. The lowest BCUT2D eigenvalue weighted by atomic mass is 9.90. The van der Waals surface area contributed by atoms with Crippen molar-refractivity contribution in [2.24, 2.45) is 11.8 Å². The van der Waals surface area contributed by atoms with Crippen molar-refractivity contribution in [3.63, 3.8) is 0 Å². The molecule has 6 rings (SSSR count). The summed E-state index contributed by atoms with van der Waals surface area (Å²) in [7, 11) is -2.78. The summed E-state index contributed by atoms with van der Waals surface area (Å²) in [5.41, 5.74) is 0.890. The molecule has 0 radical (unpaired) electrons. The van der Waals surface area contributed by atoms with E-state index < -0.39 is 40.2 Å². The second-order valence-electron chi connectivity index (χ2n) is 12.8. The standard InChI is InChI=1S/C35H44N2O10S/c1-43-27-11-12-32-30(20-27)44-16-7-3-6-15-37-26(10-13-33(37)39)21-36(48(32,41)42)22-29(38)25(18-24-8-4-2-5-9-24)19-34(40)47-31-23-46-35-28(31)14-17-45-35/h2-6,8-9,11-12,20,25-26,28-29,31,35,38H,7,10,13-19,21-23H2,1H3/b6-3+/t25-,26-,28+,29-,31+,35-/m1/s1. The van der Waals surface area contributed by atoms with E-state index in [4.69, 9.17) is 23.7 Å². The predicted octanol–water partition coefficient (Wildman–Crippen LogP) is 2.93. The van der Waals surface area contributed by atoms with Crippen LogP contribution in [0.3, 0.4) is 0 Å². The maximum absolute atomic E-state index is 14.5. The third kappa shape index (κ3) is 7.86. The van der Waals surface area contributed by atoms with Crippen molar-refractivity contribution in [3.05, 3.63) is 66.2 Å². The quantitative estimate of drug-likeness (QED) is 0.310. The van der Waals surface area contributed by atoms with Gasteiger partial charge in [0.15, 0.2) is 6.29 Å². The van der Waals surface area contributed by atoms with E-state index in [9.17, 15) is 23.1 Å². The fourth-order valence-electron chi connectivity index (χ4n) is 6.96. The number of β-amino-alcohol motifs (C(OH)–C–C–N with tert-alkyl or cyclic N) is 1. The van der Waals surface area contributed by atoms with E-state index in [1.54, 1.807) is 11.0 Å². The number of sulfonamides is 1. The Labute approximate surface area is 281 Å². The summed E-state index contributed by atoms with van der Waals surface area (Å²) in [6.45, 7) is 1.02. The van der Waals surface area contributed by atoms with Gasteiger partial charge in [-0.1, -0.05) is 42.5 Å². The van der Waals surface area contributed by atoms with Crippen LogP contribution in [0.1, 0.15) is 37.7 Å². The van der Waals surface area contributed by atoms with Crippen molar-refractivity contribution in [3.8, 4) is 11.5 Å². The topological polar surface area (TPSA) is 141 Å². The Kier molecular flexibility index (Phi) is 11.0. The van der Waals surface area contributed by atoms with Gasteiger partial charge in [-0.05, 0) is 43.4 Å². The zero-order chi connectivity index (χ0) is 33.7. The fourth-order valence-corrected chi connectivity index (χ4v) is 8.57. The van der Waals surface area contributed by atoms with Crippen LogP contribution in [0.5, 0.6) is 11.5 Å². The fraction of sp³-hybridized carbons (Fsp3) is 0.543. The van der Waals surface area contributed by atoms with E-state index in [0.29, 0.717) is 44.6 Å². The first-order valence-electron chi connectivity index (χ1n) is 16.6. The first-order chi connectivity index (χ1) is 23.2. The van der Waals surface area contributed by atoms with Gasteiger partial charge < -0.3 is 33.7 Å². The molecule has 0 aromatic heterocycles. The average Bonchev–Trinajstić information content (AvgIpc) is 3.79. The molecule has 2 aromatic rings. The smallest absolute Gasteiger partial charge is 0.306 e. The van der Waals surface area contributed by atoms with Gasteiger partial charge in [0.1, 0.15) is 22.5 Å². The molecule has 3 fully saturated rings. The van der Waals surface area contributed by atoms with Crippen molar-refractivity contribution in [1.29, 1.82) is 0 Å². The Morgan fingerprint density at radius 2 is 1.92 bits per heavy atom. The molecule has 48 heavy (non-hydrogen) atoms. The van der Waals surface area contributed by atoms with Crippen molar-refractivity contribution < 1.29 is 46.8 Å². The number of esters is 1. The molecule has 2 aromatic carbocycles. The summed E-state index contributed by atoms with van der Waals surface area (Å²) >= 11 is 0. The van der Waals surface area contributed by atoms with Crippen molar-refractivity contribution in [2.45, 2.75) is 68.0 Å². The molecule has 12 nitrogen and oxygen atoms in total. The SMILES string of the molecule is COc1ccc2c(c1)OCC/C=C/CN1C(=O)CC[C@@H]1CN(C[C@@H](O)[C@@H](CC(=O)O[C@H]1CO[C@H]3OCC[C@H]31)Cc1ccccc1)S2(=O)=O. The highest BCUT2D eigenvalue weighted by Crippen LogP contribution is 2.35. The van der Waals surface area contributed by atoms with Crippen LogP contribution in [0.4, 0.5) is 0 Å². The lowest BCUT2D eigenvalue weighted by molar-refractivity contribution is -0.153. The van der Waals surface area contributed by atoms with Crippen molar-refractivity contribution in [2.75, 3.05) is 46.6 Å². The van der Waals surface area contributed by atoms with Gasteiger partial charge in [0.25, 0.3) is 0 Å². The maximum Gasteiger partial charge on any atom is 0.306 e. The van der Waals surface area contributed by atoms with Crippen LogP contribution in [0, 0.1) is 11.8 Å². The molecule has 0 bridgehead atoms. The van der Waals surface area contributed by atoms with E-state index in [-0.39, 0.29) is 61.5 Å². The third-order valence-electron chi connectivity index (χ3n) is 9.62. The monoisotopic (exact) mass is 684 g/mol. The molecule has 13 heteroatoms. The first kappa shape index (κ1) is 34.4. The normalized spacial score (nSPS) is 27.6. The minimum absolute atomic E-state index is 0.0315. The maximum atomic E-state index is 14.5. The molecule has 3 saturated heterocycles. The van der Waals surface area contributed by atoms with E-state index in [2.05, 4.69) is 0 Å². The van der Waals surface area contributed by atoms with Crippen molar-refractivity contribution in [1.82, 2.24) is 9.21 Å². The summed E-state index contributed by atoms with van der Waals surface area (Å²) in [6.07, 6.45) is 3.99. The molecular formula is C35H44N2O10S. The minimum atomic E-state index is -4.27. The zero-order valence-electron chi connectivity index (χ0n) is 27.1. The number of hydrogen-bond acceptors (Lipinski definition) is 10. The van der Waals surface area contributed by atoms with Gasteiger partial charge >= 0.3 is 5.97 Å². The number of aliphatic hydroxyl groups is 1. The number of benzene rings is 2. The summed E-state index contributed by atoms with van der Waals surface area (Å²) in [4.78, 5) is 27.9. The lowest BCUT2D eigenvalue weighted by Gasteiger charge is -2.33. The number of nitrogens with zero attached hydrogens (tertiary/aromatic N) is 2. The number of fused-ring (bicyclic) bond motifs is 3. The summed E-state index contributed by atoms with van der Waals surface area (Å²) in [5.74, 6) is -0.668. The number of aliphatic hydroxyl groups excluding tert-OH is 1. The Balaban J connectivity index is 1.29. The van der Waals surface area contributed by atoms with Gasteiger partial charge in [0.05, 0.1) is 45.4 Å². The molecule has 0 unspecified atom stereocenters. The second-order valence-corrected chi connectivity index (χ2v) is 14.7. The van der Waals surface area contributed by atoms with E-state index >= 15 is 0 Å². The molecule has 0 saturated carbocycles. The third-order valence-corrected chi connectivity index (χ3v) is 11.5. The molecule has 4 aliphatic rings.